The molecule has 0 radical (unpaired) electrons. The first-order valence-electron chi connectivity index (χ1n) is 6.33. The van der Waals surface area contributed by atoms with Gasteiger partial charge in [-0.15, -0.1) is 0 Å². The lowest BCUT2D eigenvalue weighted by molar-refractivity contribution is 0.320. The first-order chi connectivity index (χ1) is 7.90. The second-order valence-electron chi connectivity index (χ2n) is 4.37. The molecule has 1 N–H and O–H groups in total. The Hall–Kier alpha value is -0.870. The maximum atomic E-state index is 4.38. The summed E-state index contributed by atoms with van der Waals surface area (Å²) < 4.78 is 2.26. The minimum absolute atomic E-state index is 0.878. The second-order valence-corrected chi connectivity index (χ2v) is 4.37. The fourth-order valence-corrected chi connectivity index (χ4v) is 2.20. The van der Waals surface area contributed by atoms with Crippen molar-refractivity contribution in [3.63, 3.8) is 0 Å². The van der Waals surface area contributed by atoms with Crippen molar-refractivity contribution in [1.29, 1.82) is 0 Å². The molecule has 0 bridgehead atoms. The van der Waals surface area contributed by atoms with E-state index < -0.39 is 0 Å². The van der Waals surface area contributed by atoms with Crippen LogP contribution in [0, 0.1) is 0 Å². The molecule has 0 atom stereocenters. The highest BCUT2D eigenvalue weighted by molar-refractivity contribution is 4.92. The molecule has 0 spiro atoms. The van der Waals surface area contributed by atoms with E-state index in [-0.39, 0.29) is 0 Å². The summed E-state index contributed by atoms with van der Waals surface area (Å²) in [6, 6.07) is 0. The van der Waals surface area contributed by atoms with Gasteiger partial charge in [0.1, 0.15) is 5.82 Å². The van der Waals surface area contributed by atoms with Gasteiger partial charge >= 0.3 is 0 Å². The van der Waals surface area contributed by atoms with E-state index in [4.69, 9.17) is 0 Å². The molecule has 16 heavy (non-hydrogen) atoms. The quantitative estimate of drug-likeness (QED) is 0.782. The van der Waals surface area contributed by atoms with Crippen LogP contribution in [0.25, 0.3) is 0 Å². The van der Waals surface area contributed by atoms with Crippen LogP contribution >= 0.6 is 0 Å². The second kappa shape index (κ2) is 6.01. The van der Waals surface area contributed by atoms with Gasteiger partial charge in [-0.3, -0.25) is 0 Å². The van der Waals surface area contributed by atoms with Crippen LogP contribution in [-0.2, 0) is 13.1 Å². The van der Waals surface area contributed by atoms with Crippen molar-refractivity contribution in [2.75, 3.05) is 26.2 Å². The maximum absolute atomic E-state index is 4.38. The van der Waals surface area contributed by atoms with E-state index in [2.05, 4.69) is 32.9 Å². The van der Waals surface area contributed by atoms with Gasteiger partial charge in [-0.1, -0.05) is 6.92 Å². The third-order valence-electron chi connectivity index (χ3n) is 3.19. The van der Waals surface area contributed by atoms with Gasteiger partial charge in [0.15, 0.2) is 0 Å². The van der Waals surface area contributed by atoms with Gasteiger partial charge in [-0.2, -0.15) is 0 Å². The van der Waals surface area contributed by atoms with Crippen LogP contribution < -0.4 is 5.32 Å². The summed E-state index contributed by atoms with van der Waals surface area (Å²) in [7, 11) is 0. The SMILES string of the molecule is CCNCc1nccn1CCN1CCCC1. The zero-order chi connectivity index (χ0) is 11.2. The lowest BCUT2D eigenvalue weighted by atomic mass is 10.4. The van der Waals surface area contributed by atoms with E-state index >= 15 is 0 Å². The maximum Gasteiger partial charge on any atom is 0.122 e. The highest BCUT2D eigenvalue weighted by atomic mass is 15.2. The topological polar surface area (TPSA) is 33.1 Å². The van der Waals surface area contributed by atoms with Crippen LogP contribution in [0.2, 0.25) is 0 Å². The molecule has 4 heteroatoms. The highest BCUT2D eigenvalue weighted by Crippen LogP contribution is 2.07. The Morgan fingerprint density at radius 1 is 1.31 bits per heavy atom. The number of hydrogen-bond acceptors (Lipinski definition) is 3. The Kier molecular flexibility index (Phi) is 4.36. The van der Waals surface area contributed by atoms with Crippen LogP contribution in [0.1, 0.15) is 25.6 Å². The number of imidazole rings is 1. The Bertz CT molecular complexity index is 302. The predicted octanol–water partition coefficient (Wildman–Crippen LogP) is 1.09. The number of hydrogen-bond donors (Lipinski definition) is 1. The number of nitrogens with one attached hydrogen (secondary N) is 1. The summed E-state index contributed by atoms with van der Waals surface area (Å²) in [5.74, 6) is 1.15. The third-order valence-corrected chi connectivity index (χ3v) is 3.19. The molecule has 2 heterocycles. The molecule has 0 amide bonds. The number of aromatic nitrogens is 2. The minimum Gasteiger partial charge on any atom is -0.333 e. The molecule has 1 saturated heterocycles. The van der Waals surface area contributed by atoms with Crippen molar-refractivity contribution in [3.05, 3.63) is 18.2 Å². The predicted molar refractivity (Wildman–Crippen MR) is 65.3 cm³/mol. The fraction of sp³-hybridized carbons (Fsp3) is 0.750. The summed E-state index contributed by atoms with van der Waals surface area (Å²) in [6.07, 6.45) is 6.72. The standard InChI is InChI=1S/C12H22N4/c1-2-13-11-12-14-5-8-16(12)10-9-15-6-3-4-7-15/h5,8,13H,2-4,6-7,9-11H2,1H3. The smallest absolute Gasteiger partial charge is 0.122 e. The molecule has 4 nitrogen and oxygen atoms in total. The summed E-state index contributed by atoms with van der Waals surface area (Å²) in [4.78, 5) is 6.92. The molecular weight excluding hydrogens is 200 g/mol. The zero-order valence-corrected chi connectivity index (χ0v) is 10.2. The van der Waals surface area contributed by atoms with E-state index in [1.807, 2.05) is 6.20 Å². The Morgan fingerprint density at radius 2 is 2.12 bits per heavy atom. The van der Waals surface area contributed by atoms with E-state index in [9.17, 15) is 0 Å². The molecule has 1 aromatic heterocycles. The number of likely N-dealkylation sites (tertiary alicyclic amines) is 1. The van der Waals surface area contributed by atoms with E-state index in [1.165, 1.54) is 25.9 Å². The molecule has 2 rings (SSSR count). The molecule has 0 unspecified atom stereocenters. The van der Waals surface area contributed by atoms with Crippen molar-refractivity contribution >= 4 is 0 Å². The zero-order valence-electron chi connectivity index (χ0n) is 10.2. The van der Waals surface area contributed by atoms with Gasteiger partial charge in [0.05, 0.1) is 6.54 Å². The molecule has 0 saturated carbocycles. The fourth-order valence-electron chi connectivity index (χ4n) is 2.20. The van der Waals surface area contributed by atoms with Gasteiger partial charge in [0.25, 0.3) is 0 Å². The van der Waals surface area contributed by atoms with Gasteiger partial charge in [-0.25, -0.2) is 4.98 Å². The van der Waals surface area contributed by atoms with Crippen molar-refractivity contribution < 1.29 is 0 Å². The van der Waals surface area contributed by atoms with Gasteiger partial charge in [0, 0.05) is 25.5 Å². The lowest BCUT2D eigenvalue weighted by Crippen LogP contribution is -2.25. The minimum atomic E-state index is 0.878. The van der Waals surface area contributed by atoms with Crippen molar-refractivity contribution in [2.24, 2.45) is 0 Å². The van der Waals surface area contributed by atoms with Gasteiger partial charge in [0.2, 0.25) is 0 Å². The van der Waals surface area contributed by atoms with E-state index in [0.29, 0.717) is 0 Å². The van der Waals surface area contributed by atoms with Crippen LogP contribution in [-0.4, -0.2) is 40.6 Å². The number of rotatable bonds is 6. The monoisotopic (exact) mass is 222 g/mol. The van der Waals surface area contributed by atoms with Crippen LogP contribution in [0.15, 0.2) is 12.4 Å². The number of nitrogens with zero attached hydrogens (tertiary/aromatic N) is 3. The van der Waals surface area contributed by atoms with Crippen molar-refractivity contribution in [1.82, 2.24) is 19.8 Å². The Morgan fingerprint density at radius 3 is 2.88 bits per heavy atom. The highest BCUT2D eigenvalue weighted by Gasteiger charge is 2.11. The summed E-state index contributed by atoms with van der Waals surface area (Å²) in [6.45, 7) is 8.78. The van der Waals surface area contributed by atoms with E-state index in [0.717, 1.165) is 32.0 Å². The van der Waals surface area contributed by atoms with Crippen LogP contribution in [0.3, 0.4) is 0 Å². The van der Waals surface area contributed by atoms with Gasteiger partial charge in [-0.05, 0) is 32.5 Å². The molecule has 0 aliphatic carbocycles. The van der Waals surface area contributed by atoms with E-state index in [1.54, 1.807) is 0 Å². The summed E-state index contributed by atoms with van der Waals surface area (Å²) >= 11 is 0. The van der Waals surface area contributed by atoms with Crippen molar-refractivity contribution in [2.45, 2.75) is 32.9 Å². The molecule has 1 fully saturated rings. The van der Waals surface area contributed by atoms with Crippen molar-refractivity contribution in [3.8, 4) is 0 Å². The normalized spacial score (nSPS) is 17.1. The largest absolute Gasteiger partial charge is 0.333 e. The molecule has 1 aliphatic rings. The first-order valence-corrected chi connectivity index (χ1v) is 6.33. The summed E-state index contributed by atoms with van der Waals surface area (Å²) in [5.41, 5.74) is 0. The average Bonchev–Trinajstić information content (AvgIpc) is 2.94. The molecule has 1 aliphatic heterocycles. The molecule has 1 aromatic rings. The average molecular weight is 222 g/mol. The molecule has 0 aromatic carbocycles. The van der Waals surface area contributed by atoms with Crippen LogP contribution in [0.5, 0.6) is 0 Å². The lowest BCUT2D eigenvalue weighted by Gasteiger charge is -2.15. The first kappa shape index (κ1) is 11.6. The third kappa shape index (κ3) is 3.06. The molecular formula is C12H22N4. The Balaban J connectivity index is 1.80. The Labute approximate surface area is 97.7 Å². The van der Waals surface area contributed by atoms with Crippen LogP contribution in [0.4, 0.5) is 0 Å². The summed E-state index contributed by atoms with van der Waals surface area (Å²) in [5, 5.41) is 3.32. The molecule has 90 valence electrons. The van der Waals surface area contributed by atoms with Gasteiger partial charge < -0.3 is 14.8 Å².